The average molecular weight is 305 g/mol. The Hall–Kier alpha value is 0. The van der Waals surface area contributed by atoms with Crippen LogP contribution in [0.2, 0.25) is 0 Å². The van der Waals surface area contributed by atoms with Crippen LogP contribution in [0, 0.1) is 53.3 Å². The van der Waals surface area contributed by atoms with Crippen molar-refractivity contribution in [3.05, 3.63) is 0 Å². The molecular formula is C22H40. The van der Waals surface area contributed by atoms with Crippen LogP contribution in [0.1, 0.15) is 86.0 Å². The van der Waals surface area contributed by atoms with E-state index in [0.29, 0.717) is 0 Å². The Kier molecular flexibility index (Phi) is 5.25. The predicted octanol–water partition coefficient (Wildman–Crippen LogP) is 6.79. The molecule has 22 heavy (non-hydrogen) atoms. The number of fused-ring (bicyclic) bond motifs is 1. The quantitative estimate of drug-likeness (QED) is 0.524. The van der Waals surface area contributed by atoms with Gasteiger partial charge in [0.1, 0.15) is 0 Å². The van der Waals surface area contributed by atoms with Crippen molar-refractivity contribution >= 4 is 0 Å². The molecule has 128 valence electrons. The maximum Gasteiger partial charge on any atom is -0.0352 e. The molecule has 3 saturated carbocycles. The Labute approximate surface area is 139 Å². The zero-order chi connectivity index (χ0) is 15.9. The molecule has 0 heterocycles. The molecule has 0 aromatic rings. The lowest BCUT2D eigenvalue weighted by atomic mass is 9.58. The van der Waals surface area contributed by atoms with E-state index in [1.807, 2.05) is 0 Å². The second kappa shape index (κ2) is 6.86. The molecule has 0 aromatic carbocycles. The molecule has 7 unspecified atom stereocenters. The lowest BCUT2D eigenvalue weighted by Gasteiger charge is -2.47. The van der Waals surface area contributed by atoms with Crippen molar-refractivity contribution in [3.8, 4) is 0 Å². The van der Waals surface area contributed by atoms with Crippen molar-refractivity contribution in [2.75, 3.05) is 0 Å². The molecule has 3 aliphatic rings. The normalized spacial score (nSPS) is 51.4. The van der Waals surface area contributed by atoms with E-state index in [-0.39, 0.29) is 0 Å². The summed E-state index contributed by atoms with van der Waals surface area (Å²) in [6, 6.07) is 0. The first-order chi connectivity index (χ1) is 10.6. The monoisotopic (exact) mass is 304 g/mol. The van der Waals surface area contributed by atoms with Gasteiger partial charge in [-0.3, -0.25) is 0 Å². The zero-order valence-electron chi connectivity index (χ0n) is 15.9. The Balaban J connectivity index is 1.71. The van der Waals surface area contributed by atoms with Gasteiger partial charge in [0.05, 0.1) is 0 Å². The summed E-state index contributed by atoms with van der Waals surface area (Å²) in [6.45, 7) is 12.4. The fourth-order valence-electron chi connectivity index (χ4n) is 6.63. The summed E-state index contributed by atoms with van der Waals surface area (Å²) >= 11 is 0. The van der Waals surface area contributed by atoms with Gasteiger partial charge < -0.3 is 0 Å². The number of hydrogen-bond acceptors (Lipinski definition) is 0. The van der Waals surface area contributed by atoms with Gasteiger partial charge in [0, 0.05) is 0 Å². The Bertz CT molecular complexity index is 347. The van der Waals surface area contributed by atoms with Crippen molar-refractivity contribution < 1.29 is 0 Å². The fraction of sp³-hybridized carbons (Fsp3) is 1.00. The van der Waals surface area contributed by atoms with Gasteiger partial charge in [-0.2, -0.15) is 0 Å². The van der Waals surface area contributed by atoms with Crippen LogP contribution in [0.25, 0.3) is 0 Å². The van der Waals surface area contributed by atoms with E-state index in [0.717, 1.165) is 53.3 Å². The summed E-state index contributed by atoms with van der Waals surface area (Å²) in [5.41, 5.74) is 0. The minimum atomic E-state index is 0.949. The van der Waals surface area contributed by atoms with E-state index in [2.05, 4.69) is 34.6 Å². The van der Waals surface area contributed by atoms with Gasteiger partial charge in [-0.15, -0.1) is 0 Å². The third-order valence-electron chi connectivity index (χ3n) is 8.31. The Morgan fingerprint density at radius 2 is 1.27 bits per heavy atom. The van der Waals surface area contributed by atoms with E-state index in [9.17, 15) is 0 Å². The molecule has 0 nitrogen and oxygen atoms in total. The molecule has 7 atom stereocenters. The highest BCUT2D eigenvalue weighted by molar-refractivity contribution is 5.03. The van der Waals surface area contributed by atoms with Crippen LogP contribution >= 0.6 is 0 Å². The molecule has 0 N–H and O–H groups in total. The molecule has 0 aromatic heterocycles. The van der Waals surface area contributed by atoms with Gasteiger partial charge in [-0.05, 0) is 85.4 Å². The highest BCUT2D eigenvalue weighted by Gasteiger charge is 2.53. The number of unbranched alkanes of at least 4 members (excludes halogenated alkanes) is 1. The molecule has 3 aliphatic carbocycles. The minimum Gasteiger partial charge on any atom is -0.0654 e. The van der Waals surface area contributed by atoms with Crippen molar-refractivity contribution in [3.63, 3.8) is 0 Å². The summed E-state index contributed by atoms with van der Waals surface area (Å²) in [5.74, 6) is 9.43. The maximum absolute atomic E-state index is 2.53. The molecule has 0 saturated heterocycles. The average Bonchev–Trinajstić information content (AvgIpc) is 3.28. The number of hydrogen-bond donors (Lipinski definition) is 0. The van der Waals surface area contributed by atoms with Crippen LogP contribution in [0.5, 0.6) is 0 Å². The van der Waals surface area contributed by atoms with Gasteiger partial charge in [0.25, 0.3) is 0 Å². The lowest BCUT2D eigenvalue weighted by Crippen LogP contribution is -2.39. The summed E-state index contributed by atoms with van der Waals surface area (Å²) < 4.78 is 0. The second-order valence-electron chi connectivity index (χ2n) is 9.48. The van der Waals surface area contributed by atoms with Gasteiger partial charge in [-0.25, -0.2) is 0 Å². The first-order valence-corrected chi connectivity index (χ1v) is 10.6. The maximum atomic E-state index is 2.53. The van der Waals surface area contributed by atoms with Crippen LogP contribution in [0.15, 0.2) is 0 Å². The molecule has 3 fully saturated rings. The van der Waals surface area contributed by atoms with Crippen LogP contribution < -0.4 is 0 Å². The van der Waals surface area contributed by atoms with Crippen molar-refractivity contribution in [1.29, 1.82) is 0 Å². The third kappa shape index (κ3) is 3.13. The first-order valence-electron chi connectivity index (χ1n) is 10.6. The zero-order valence-corrected chi connectivity index (χ0v) is 15.9. The predicted molar refractivity (Wildman–Crippen MR) is 96.7 cm³/mol. The summed E-state index contributed by atoms with van der Waals surface area (Å²) in [4.78, 5) is 0. The second-order valence-corrected chi connectivity index (χ2v) is 9.48. The fourth-order valence-corrected chi connectivity index (χ4v) is 6.63. The minimum absolute atomic E-state index is 0.949. The largest absolute Gasteiger partial charge is 0.0654 e. The molecule has 3 rings (SSSR count). The molecule has 0 radical (unpaired) electrons. The van der Waals surface area contributed by atoms with E-state index in [1.54, 1.807) is 19.3 Å². The first kappa shape index (κ1) is 16.8. The SMILES string of the molecule is CCCCC1C2CC2CC(C2CC(C)C(C)C(C)C2)C1CC. The van der Waals surface area contributed by atoms with Crippen molar-refractivity contribution in [2.24, 2.45) is 53.3 Å². The van der Waals surface area contributed by atoms with Crippen molar-refractivity contribution in [1.82, 2.24) is 0 Å². The van der Waals surface area contributed by atoms with Crippen LogP contribution in [-0.2, 0) is 0 Å². The van der Waals surface area contributed by atoms with Gasteiger partial charge >= 0.3 is 0 Å². The van der Waals surface area contributed by atoms with Crippen LogP contribution in [-0.4, -0.2) is 0 Å². The smallest absolute Gasteiger partial charge is 0.0352 e. The summed E-state index contributed by atoms with van der Waals surface area (Å²) in [5, 5.41) is 0. The van der Waals surface area contributed by atoms with Crippen molar-refractivity contribution in [2.45, 2.75) is 86.0 Å². The molecule has 0 bridgehead atoms. The van der Waals surface area contributed by atoms with Gasteiger partial charge in [0.15, 0.2) is 0 Å². The van der Waals surface area contributed by atoms with Gasteiger partial charge in [-0.1, -0.05) is 53.9 Å². The molecule has 0 aliphatic heterocycles. The topological polar surface area (TPSA) is 0 Å². The lowest BCUT2D eigenvalue weighted by molar-refractivity contribution is 0.0241. The summed E-state index contributed by atoms with van der Waals surface area (Å²) in [6.07, 6.45) is 12.1. The Morgan fingerprint density at radius 3 is 1.82 bits per heavy atom. The van der Waals surface area contributed by atoms with Crippen LogP contribution in [0.4, 0.5) is 0 Å². The third-order valence-corrected chi connectivity index (χ3v) is 8.31. The highest BCUT2D eigenvalue weighted by atomic mass is 14.6. The molecule has 0 spiro atoms. The molecular weight excluding hydrogens is 264 g/mol. The Morgan fingerprint density at radius 1 is 0.727 bits per heavy atom. The highest BCUT2D eigenvalue weighted by Crippen LogP contribution is 2.61. The standard InChI is InChI=1S/C22H40/c1-6-8-9-20-19(7-2)21(12-18-13-22(18)20)17-10-14(3)16(5)15(4)11-17/h14-22H,6-13H2,1-5H3. The molecule has 0 amide bonds. The van der Waals surface area contributed by atoms with Gasteiger partial charge in [0.2, 0.25) is 0 Å². The van der Waals surface area contributed by atoms with E-state index >= 15 is 0 Å². The molecule has 0 heteroatoms. The van der Waals surface area contributed by atoms with E-state index in [4.69, 9.17) is 0 Å². The summed E-state index contributed by atoms with van der Waals surface area (Å²) in [7, 11) is 0. The van der Waals surface area contributed by atoms with E-state index < -0.39 is 0 Å². The van der Waals surface area contributed by atoms with Crippen LogP contribution in [0.3, 0.4) is 0 Å². The number of rotatable bonds is 5. The van der Waals surface area contributed by atoms with E-state index in [1.165, 1.54) is 32.1 Å².